The molecule has 0 N–H and O–H groups in total. The van der Waals surface area contributed by atoms with E-state index in [-0.39, 0.29) is 0 Å². The minimum Gasteiger partial charge on any atom is -0.497 e. The zero-order chi connectivity index (χ0) is 13.1. The molecule has 0 atom stereocenters. The smallest absolute Gasteiger partial charge is 0.119 e. The fourth-order valence-electron chi connectivity index (χ4n) is 2.48. The predicted molar refractivity (Wildman–Crippen MR) is 74.6 cm³/mol. The number of morpholine rings is 1. The van der Waals surface area contributed by atoms with Gasteiger partial charge in [-0.1, -0.05) is 0 Å². The van der Waals surface area contributed by atoms with Crippen molar-refractivity contribution in [2.24, 2.45) is 0 Å². The highest BCUT2D eigenvalue weighted by Crippen LogP contribution is 2.21. The van der Waals surface area contributed by atoms with Crippen molar-refractivity contribution >= 4 is 10.9 Å². The van der Waals surface area contributed by atoms with Crippen molar-refractivity contribution in [1.82, 2.24) is 9.47 Å². The highest BCUT2D eigenvalue weighted by atomic mass is 16.5. The lowest BCUT2D eigenvalue weighted by Gasteiger charge is -2.26. The Morgan fingerprint density at radius 2 is 2.11 bits per heavy atom. The van der Waals surface area contributed by atoms with Crippen molar-refractivity contribution in [3.05, 3.63) is 30.5 Å². The maximum Gasteiger partial charge on any atom is 0.119 e. The molecule has 3 rings (SSSR count). The van der Waals surface area contributed by atoms with Gasteiger partial charge in [-0.2, -0.15) is 0 Å². The monoisotopic (exact) mass is 259 g/mol. The molecule has 4 nitrogen and oxygen atoms in total. The predicted octanol–water partition coefficient (Wildman–Crippen LogP) is 1.78. The summed E-state index contributed by atoms with van der Waals surface area (Å²) in [7, 11) is 1.69. The Morgan fingerprint density at radius 3 is 2.89 bits per heavy atom. The van der Waals surface area contributed by atoms with Gasteiger partial charge in [-0.15, -0.1) is 0 Å². The second-order valence-corrected chi connectivity index (χ2v) is 4.80. The summed E-state index contributed by atoms with van der Waals surface area (Å²) in [5.74, 6) is 0.884. The van der Waals surface area contributed by atoms with E-state index in [1.54, 1.807) is 7.11 Å². The lowest BCUT2D eigenvalue weighted by molar-refractivity contribution is 0.0365. The van der Waals surface area contributed by atoms with E-state index in [1.807, 2.05) is 18.3 Å². The molecule has 1 aliphatic rings. The topological polar surface area (TPSA) is 26.6 Å². The van der Waals surface area contributed by atoms with Gasteiger partial charge in [-0.25, -0.2) is 0 Å². The van der Waals surface area contributed by atoms with E-state index in [0.29, 0.717) is 0 Å². The number of hydrogen-bond donors (Lipinski definition) is 0. The molecule has 1 aliphatic heterocycles. The molecule has 4 heteroatoms. The SMILES string of the molecule is COc1ccc2c([c]cn2CCN2CCOCC2)c1. The van der Waals surface area contributed by atoms with Gasteiger partial charge in [-0.3, -0.25) is 4.90 Å². The Hall–Kier alpha value is -1.52. The Labute approximate surface area is 113 Å². The van der Waals surface area contributed by atoms with Crippen molar-refractivity contribution in [3.63, 3.8) is 0 Å². The van der Waals surface area contributed by atoms with Crippen LogP contribution < -0.4 is 4.74 Å². The largest absolute Gasteiger partial charge is 0.497 e. The van der Waals surface area contributed by atoms with Gasteiger partial charge < -0.3 is 14.0 Å². The second-order valence-electron chi connectivity index (χ2n) is 4.80. The molecule has 0 unspecified atom stereocenters. The van der Waals surface area contributed by atoms with E-state index >= 15 is 0 Å². The van der Waals surface area contributed by atoms with Crippen LogP contribution in [0.5, 0.6) is 5.75 Å². The minimum absolute atomic E-state index is 0.857. The highest BCUT2D eigenvalue weighted by molar-refractivity contribution is 5.81. The highest BCUT2D eigenvalue weighted by Gasteiger charge is 2.10. The first-order chi connectivity index (χ1) is 9.36. The molecule has 0 amide bonds. The standard InChI is InChI=1S/C15H19N2O2/c1-18-14-2-3-15-13(12-14)4-5-17(15)7-6-16-8-10-19-11-9-16/h2-3,5,12H,6-11H2,1H3. The molecule has 2 aromatic rings. The average molecular weight is 259 g/mol. The second kappa shape index (κ2) is 5.63. The van der Waals surface area contributed by atoms with Gasteiger partial charge in [0.1, 0.15) is 5.75 Å². The molecule has 1 radical (unpaired) electrons. The van der Waals surface area contributed by atoms with Crippen molar-refractivity contribution in [2.45, 2.75) is 6.54 Å². The van der Waals surface area contributed by atoms with Crippen LogP contribution in [0, 0.1) is 6.07 Å². The molecule has 0 aliphatic carbocycles. The molecule has 0 bridgehead atoms. The third-order valence-corrected chi connectivity index (χ3v) is 3.65. The fraction of sp³-hybridized carbons (Fsp3) is 0.467. The number of benzene rings is 1. The van der Waals surface area contributed by atoms with Gasteiger partial charge in [0.05, 0.1) is 20.3 Å². The Balaban J connectivity index is 1.70. The number of hydrogen-bond acceptors (Lipinski definition) is 3. The van der Waals surface area contributed by atoms with Crippen LogP contribution in [-0.2, 0) is 11.3 Å². The van der Waals surface area contributed by atoms with Crippen LogP contribution in [0.1, 0.15) is 0 Å². The van der Waals surface area contributed by atoms with Crippen LogP contribution in [0.2, 0.25) is 0 Å². The van der Waals surface area contributed by atoms with Gasteiger partial charge in [0, 0.05) is 49.3 Å². The quantitative estimate of drug-likeness (QED) is 0.837. The molecule has 1 fully saturated rings. The number of methoxy groups -OCH3 is 1. The van der Waals surface area contributed by atoms with Crippen molar-refractivity contribution < 1.29 is 9.47 Å². The lowest BCUT2D eigenvalue weighted by Crippen LogP contribution is -2.38. The van der Waals surface area contributed by atoms with Gasteiger partial charge >= 0.3 is 0 Å². The summed E-state index contributed by atoms with van der Waals surface area (Å²) in [6.45, 7) is 5.85. The molecule has 2 heterocycles. The van der Waals surface area contributed by atoms with Crippen LogP contribution >= 0.6 is 0 Å². The number of ether oxygens (including phenoxy) is 2. The van der Waals surface area contributed by atoms with Crippen LogP contribution in [-0.4, -0.2) is 49.4 Å². The summed E-state index contributed by atoms with van der Waals surface area (Å²) in [6, 6.07) is 9.42. The fourth-order valence-corrected chi connectivity index (χ4v) is 2.48. The summed E-state index contributed by atoms with van der Waals surface area (Å²) in [6.07, 6.45) is 2.03. The first-order valence-electron chi connectivity index (χ1n) is 6.71. The summed E-state index contributed by atoms with van der Waals surface area (Å²) >= 11 is 0. The van der Waals surface area contributed by atoms with Crippen molar-refractivity contribution in [1.29, 1.82) is 0 Å². The number of rotatable bonds is 4. The Kier molecular flexibility index (Phi) is 3.71. The first-order valence-corrected chi connectivity index (χ1v) is 6.71. The first kappa shape index (κ1) is 12.5. The molecule has 0 spiro atoms. The van der Waals surface area contributed by atoms with Crippen LogP contribution in [0.4, 0.5) is 0 Å². The van der Waals surface area contributed by atoms with Crippen molar-refractivity contribution in [3.8, 4) is 5.75 Å². The third kappa shape index (κ3) is 2.74. The van der Waals surface area contributed by atoms with E-state index in [2.05, 4.69) is 21.6 Å². The van der Waals surface area contributed by atoms with Gasteiger partial charge in [0.15, 0.2) is 0 Å². The molecule has 1 saturated heterocycles. The van der Waals surface area contributed by atoms with E-state index < -0.39 is 0 Å². The third-order valence-electron chi connectivity index (χ3n) is 3.65. The van der Waals surface area contributed by atoms with Gasteiger partial charge in [0.25, 0.3) is 0 Å². The molecule has 1 aromatic heterocycles. The molecule has 19 heavy (non-hydrogen) atoms. The zero-order valence-corrected chi connectivity index (χ0v) is 11.3. The molecular formula is C15H19N2O2. The zero-order valence-electron chi connectivity index (χ0n) is 11.3. The van der Waals surface area contributed by atoms with Crippen LogP contribution in [0.25, 0.3) is 10.9 Å². The summed E-state index contributed by atoms with van der Waals surface area (Å²) in [5.41, 5.74) is 1.22. The summed E-state index contributed by atoms with van der Waals surface area (Å²) in [5, 5.41) is 1.11. The van der Waals surface area contributed by atoms with Crippen molar-refractivity contribution in [2.75, 3.05) is 40.0 Å². The van der Waals surface area contributed by atoms with Gasteiger partial charge in [-0.05, 0) is 18.2 Å². The van der Waals surface area contributed by atoms with E-state index in [1.165, 1.54) is 5.52 Å². The van der Waals surface area contributed by atoms with E-state index in [0.717, 1.165) is 50.5 Å². The number of fused-ring (bicyclic) bond motifs is 1. The normalized spacial score (nSPS) is 16.9. The summed E-state index contributed by atoms with van der Waals surface area (Å²) < 4.78 is 12.9. The Bertz CT molecular complexity index is 544. The molecule has 1 aromatic carbocycles. The van der Waals surface area contributed by atoms with E-state index in [4.69, 9.17) is 9.47 Å². The average Bonchev–Trinajstić information content (AvgIpc) is 2.88. The minimum atomic E-state index is 0.857. The lowest BCUT2D eigenvalue weighted by atomic mass is 10.2. The summed E-state index contributed by atoms with van der Waals surface area (Å²) in [4.78, 5) is 2.44. The number of aromatic nitrogens is 1. The maximum atomic E-state index is 5.36. The molecule has 0 saturated carbocycles. The van der Waals surface area contributed by atoms with Crippen LogP contribution in [0.3, 0.4) is 0 Å². The Morgan fingerprint density at radius 1 is 1.26 bits per heavy atom. The van der Waals surface area contributed by atoms with E-state index in [9.17, 15) is 0 Å². The molecular weight excluding hydrogens is 240 g/mol. The van der Waals surface area contributed by atoms with Crippen LogP contribution in [0.15, 0.2) is 24.4 Å². The number of nitrogens with zero attached hydrogens (tertiary/aromatic N) is 2. The van der Waals surface area contributed by atoms with Gasteiger partial charge in [0.2, 0.25) is 0 Å². The molecule has 101 valence electrons. The maximum absolute atomic E-state index is 5.36.